The van der Waals surface area contributed by atoms with Gasteiger partial charge in [0.05, 0.1) is 5.92 Å². The van der Waals surface area contributed by atoms with Crippen LogP contribution in [0.4, 0.5) is 11.4 Å². The third-order valence-electron chi connectivity index (χ3n) is 4.45. The van der Waals surface area contributed by atoms with E-state index in [9.17, 15) is 14.4 Å². The standard InChI is InChI=1S/C20H21N3O3/c1-12-7-13(2)9-17(8-12)23-11-15(10-18(23)24)20(26)22-16-5-3-14(4-6-16)19(21)25/h3-9,15H,10-11H2,1-2H3,(H2,21,25)(H,22,26). The summed E-state index contributed by atoms with van der Waals surface area (Å²) in [6, 6.07) is 12.3. The van der Waals surface area contributed by atoms with Crippen LogP contribution in [0.15, 0.2) is 42.5 Å². The van der Waals surface area contributed by atoms with E-state index in [2.05, 4.69) is 5.32 Å². The minimum Gasteiger partial charge on any atom is -0.366 e. The first-order valence-electron chi connectivity index (χ1n) is 8.43. The van der Waals surface area contributed by atoms with E-state index in [1.807, 2.05) is 32.0 Å². The summed E-state index contributed by atoms with van der Waals surface area (Å²) in [5.41, 5.74) is 9.13. The first-order valence-corrected chi connectivity index (χ1v) is 8.43. The number of carbonyl (C=O) groups is 3. The van der Waals surface area contributed by atoms with Gasteiger partial charge in [-0.05, 0) is 61.4 Å². The predicted molar refractivity (Wildman–Crippen MR) is 100.0 cm³/mol. The molecular formula is C20H21N3O3. The van der Waals surface area contributed by atoms with Crippen molar-refractivity contribution in [2.75, 3.05) is 16.8 Å². The summed E-state index contributed by atoms with van der Waals surface area (Å²) in [5, 5.41) is 2.80. The molecule has 0 aromatic heterocycles. The second kappa shape index (κ2) is 7.00. The molecule has 1 atom stereocenters. The van der Waals surface area contributed by atoms with Gasteiger partial charge in [0.15, 0.2) is 0 Å². The van der Waals surface area contributed by atoms with Crippen LogP contribution in [0, 0.1) is 19.8 Å². The Bertz CT molecular complexity index is 854. The van der Waals surface area contributed by atoms with E-state index < -0.39 is 11.8 Å². The van der Waals surface area contributed by atoms with E-state index >= 15 is 0 Å². The molecule has 1 fully saturated rings. The molecule has 3 N–H and O–H groups in total. The van der Waals surface area contributed by atoms with Gasteiger partial charge in [0.2, 0.25) is 17.7 Å². The number of nitrogens with two attached hydrogens (primary N) is 1. The fourth-order valence-electron chi connectivity index (χ4n) is 3.20. The lowest BCUT2D eigenvalue weighted by atomic mass is 10.1. The molecule has 0 saturated carbocycles. The Kier molecular flexibility index (Phi) is 4.75. The number of primary amides is 1. The van der Waals surface area contributed by atoms with E-state index in [0.29, 0.717) is 17.8 Å². The van der Waals surface area contributed by atoms with Crippen molar-refractivity contribution in [3.63, 3.8) is 0 Å². The van der Waals surface area contributed by atoms with E-state index in [1.165, 1.54) is 0 Å². The molecule has 0 bridgehead atoms. The molecule has 1 saturated heterocycles. The molecule has 1 aliphatic rings. The van der Waals surface area contributed by atoms with Gasteiger partial charge in [-0.25, -0.2) is 0 Å². The van der Waals surface area contributed by atoms with Gasteiger partial charge in [-0.15, -0.1) is 0 Å². The van der Waals surface area contributed by atoms with Crippen molar-refractivity contribution in [2.24, 2.45) is 11.7 Å². The summed E-state index contributed by atoms with van der Waals surface area (Å²) in [6.07, 6.45) is 0.179. The molecule has 0 spiro atoms. The molecule has 2 aromatic carbocycles. The summed E-state index contributed by atoms with van der Waals surface area (Å²) < 4.78 is 0. The van der Waals surface area contributed by atoms with E-state index in [4.69, 9.17) is 5.73 Å². The number of anilines is 2. The highest BCUT2D eigenvalue weighted by Gasteiger charge is 2.35. The number of aryl methyl sites for hydroxylation is 2. The van der Waals surface area contributed by atoms with Crippen molar-refractivity contribution >= 4 is 29.1 Å². The van der Waals surface area contributed by atoms with Gasteiger partial charge in [-0.2, -0.15) is 0 Å². The molecule has 3 rings (SSSR count). The molecule has 134 valence electrons. The van der Waals surface area contributed by atoms with Crippen LogP contribution in [0.3, 0.4) is 0 Å². The number of rotatable bonds is 4. The van der Waals surface area contributed by atoms with Crippen LogP contribution in [-0.4, -0.2) is 24.3 Å². The Labute approximate surface area is 152 Å². The van der Waals surface area contributed by atoms with Crippen LogP contribution < -0.4 is 16.0 Å². The number of hydrogen-bond donors (Lipinski definition) is 2. The molecule has 6 nitrogen and oxygen atoms in total. The van der Waals surface area contributed by atoms with Gasteiger partial charge in [0.25, 0.3) is 0 Å². The maximum absolute atomic E-state index is 12.5. The van der Waals surface area contributed by atoms with Crippen LogP contribution in [0.5, 0.6) is 0 Å². The van der Waals surface area contributed by atoms with Crippen molar-refractivity contribution in [3.05, 3.63) is 59.2 Å². The van der Waals surface area contributed by atoms with Gasteiger partial charge in [0, 0.05) is 29.9 Å². The lowest BCUT2D eigenvalue weighted by Gasteiger charge is -2.18. The lowest BCUT2D eigenvalue weighted by Crippen LogP contribution is -2.28. The summed E-state index contributed by atoms with van der Waals surface area (Å²) in [7, 11) is 0. The Balaban J connectivity index is 1.69. The Morgan fingerprint density at radius 1 is 1.08 bits per heavy atom. The largest absolute Gasteiger partial charge is 0.366 e. The maximum Gasteiger partial charge on any atom is 0.248 e. The van der Waals surface area contributed by atoms with Crippen molar-refractivity contribution in [1.29, 1.82) is 0 Å². The molecular weight excluding hydrogens is 330 g/mol. The van der Waals surface area contributed by atoms with E-state index in [0.717, 1.165) is 16.8 Å². The number of hydrogen-bond acceptors (Lipinski definition) is 3. The number of amides is 3. The van der Waals surface area contributed by atoms with E-state index in [1.54, 1.807) is 29.2 Å². The minimum absolute atomic E-state index is 0.0563. The quantitative estimate of drug-likeness (QED) is 0.886. The highest BCUT2D eigenvalue weighted by atomic mass is 16.2. The second-order valence-electron chi connectivity index (χ2n) is 6.68. The fraction of sp³-hybridized carbons (Fsp3) is 0.250. The Morgan fingerprint density at radius 3 is 2.27 bits per heavy atom. The molecule has 1 unspecified atom stereocenters. The predicted octanol–water partition coefficient (Wildman–Crippen LogP) is 2.39. The monoisotopic (exact) mass is 351 g/mol. The zero-order valence-corrected chi connectivity index (χ0v) is 14.8. The summed E-state index contributed by atoms with van der Waals surface area (Å²) in [6.45, 7) is 4.32. The first-order chi connectivity index (χ1) is 12.3. The molecule has 1 heterocycles. The second-order valence-corrected chi connectivity index (χ2v) is 6.68. The van der Waals surface area contributed by atoms with Crippen molar-refractivity contribution < 1.29 is 14.4 Å². The molecule has 6 heteroatoms. The maximum atomic E-state index is 12.5. The third kappa shape index (κ3) is 3.74. The average Bonchev–Trinajstić information content (AvgIpc) is 2.96. The van der Waals surface area contributed by atoms with E-state index in [-0.39, 0.29) is 18.2 Å². The van der Waals surface area contributed by atoms with Crippen LogP contribution in [0.1, 0.15) is 27.9 Å². The van der Waals surface area contributed by atoms with Crippen LogP contribution in [0.2, 0.25) is 0 Å². The van der Waals surface area contributed by atoms with Gasteiger partial charge in [-0.3, -0.25) is 14.4 Å². The summed E-state index contributed by atoms with van der Waals surface area (Å²) in [5.74, 6) is -1.20. The molecule has 2 aromatic rings. The molecule has 0 radical (unpaired) electrons. The van der Waals surface area contributed by atoms with Crippen LogP contribution in [0.25, 0.3) is 0 Å². The van der Waals surface area contributed by atoms with Gasteiger partial charge in [0.1, 0.15) is 0 Å². The number of carbonyl (C=O) groups excluding carboxylic acids is 3. The topological polar surface area (TPSA) is 92.5 Å². The zero-order chi connectivity index (χ0) is 18.8. The van der Waals surface area contributed by atoms with Crippen LogP contribution >= 0.6 is 0 Å². The third-order valence-corrected chi connectivity index (χ3v) is 4.45. The van der Waals surface area contributed by atoms with Gasteiger partial charge >= 0.3 is 0 Å². The lowest BCUT2D eigenvalue weighted by molar-refractivity contribution is -0.122. The number of nitrogens with one attached hydrogen (secondary N) is 1. The normalized spacial score (nSPS) is 16.6. The molecule has 3 amide bonds. The van der Waals surface area contributed by atoms with Crippen molar-refractivity contribution in [2.45, 2.75) is 20.3 Å². The van der Waals surface area contributed by atoms with Gasteiger partial charge < -0.3 is 16.0 Å². The number of nitrogens with zero attached hydrogens (tertiary/aromatic N) is 1. The highest BCUT2D eigenvalue weighted by molar-refractivity contribution is 6.03. The van der Waals surface area contributed by atoms with Crippen molar-refractivity contribution in [3.8, 4) is 0 Å². The highest BCUT2D eigenvalue weighted by Crippen LogP contribution is 2.27. The minimum atomic E-state index is -0.520. The Morgan fingerprint density at radius 2 is 1.69 bits per heavy atom. The molecule has 26 heavy (non-hydrogen) atoms. The zero-order valence-electron chi connectivity index (χ0n) is 14.8. The first kappa shape index (κ1) is 17.7. The SMILES string of the molecule is Cc1cc(C)cc(N2CC(C(=O)Nc3ccc(C(N)=O)cc3)CC2=O)c1. The molecule has 0 aliphatic carbocycles. The van der Waals surface area contributed by atoms with Crippen LogP contribution in [-0.2, 0) is 9.59 Å². The van der Waals surface area contributed by atoms with Gasteiger partial charge in [-0.1, -0.05) is 6.07 Å². The summed E-state index contributed by atoms with van der Waals surface area (Å²) in [4.78, 5) is 37.6. The smallest absolute Gasteiger partial charge is 0.248 e. The number of benzene rings is 2. The fourth-order valence-corrected chi connectivity index (χ4v) is 3.20. The summed E-state index contributed by atoms with van der Waals surface area (Å²) >= 11 is 0. The Hall–Kier alpha value is -3.15. The van der Waals surface area contributed by atoms with Crippen molar-refractivity contribution in [1.82, 2.24) is 0 Å². The molecule has 1 aliphatic heterocycles. The average molecular weight is 351 g/mol.